The van der Waals surface area contributed by atoms with Crippen molar-refractivity contribution in [2.75, 3.05) is 19.6 Å². The summed E-state index contributed by atoms with van der Waals surface area (Å²) in [5, 5.41) is 11.7. The molecule has 0 spiro atoms. The van der Waals surface area contributed by atoms with Gasteiger partial charge in [-0.2, -0.15) is 11.3 Å². The van der Waals surface area contributed by atoms with Crippen LogP contribution in [-0.4, -0.2) is 41.9 Å². The molecular formula is C16H20N4O3S. The van der Waals surface area contributed by atoms with Crippen LogP contribution in [0.4, 0.5) is 0 Å². The molecule has 0 aliphatic rings. The topological polar surface area (TPSA) is 92.2 Å². The average Bonchev–Trinajstić information content (AvgIpc) is 3.22. The van der Waals surface area contributed by atoms with Crippen LogP contribution in [0.2, 0.25) is 0 Å². The first kappa shape index (κ1) is 17.7. The Balaban J connectivity index is 1.56. The van der Waals surface area contributed by atoms with Crippen LogP contribution < -0.4 is 16.0 Å². The highest BCUT2D eigenvalue weighted by Gasteiger charge is 2.09. The monoisotopic (exact) mass is 348 g/mol. The van der Waals surface area contributed by atoms with E-state index in [4.69, 9.17) is 0 Å². The molecule has 0 atom stereocenters. The van der Waals surface area contributed by atoms with E-state index in [1.54, 1.807) is 41.4 Å². The third-order valence-electron chi connectivity index (χ3n) is 3.33. The summed E-state index contributed by atoms with van der Waals surface area (Å²) in [5.74, 6) is -0.535. The lowest BCUT2D eigenvalue weighted by Crippen LogP contribution is -2.36. The van der Waals surface area contributed by atoms with Crippen LogP contribution in [0.25, 0.3) is 0 Å². The molecule has 128 valence electrons. The van der Waals surface area contributed by atoms with E-state index in [1.165, 1.54) is 11.3 Å². The third kappa shape index (κ3) is 5.24. The number of nitrogens with one attached hydrogen (secondary N) is 3. The molecule has 0 radical (unpaired) electrons. The van der Waals surface area contributed by atoms with Crippen LogP contribution >= 0.6 is 11.3 Å². The Hall–Kier alpha value is -2.61. The van der Waals surface area contributed by atoms with Gasteiger partial charge in [-0.25, -0.2) is 0 Å². The normalized spacial score (nSPS) is 10.2. The van der Waals surface area contributed by atoms with Gasteiger partial charge in [0.05, 0.1) is 0 Å². The number of rotatable bonds is 8. The standard InChI is InChI=1S/C16H20N4O3S/c1-20-9-2-3-13(20)16(23)19-8-7-17-14(21)4-6-18-15(22)12-5-10-24-11-12/h2-3,5,9-11H,4,6-8H2,1H3,(H,17,21)(H,18,22)(H,19,23). The molecule has 2 rings (SSSR count). The summed E-state index contributed by atoms with van der Waals surface area (Å²) in [5.41, 5.74) is 1.17. The molecule has 0 saturated heterocycles. The highest BCUT2D eigenvalue weighted by molar-refractivity contribution is 7.08. The maximum absolute atomic E-state index is 11.8. The van der Waals surface area contributed by atoms with Crippen molar-refractivity contribution in [3.63, 3.8) is 0 Å². The summed E-state index contributed by atoms with van der Waals surface area (Å²) in [4.78, 5) is 35.2. The fourth-order valence-electron chi connectivity index (χ4n) is 2.04. The lowest BCUT2D eigenvalue weighted by molar-refractivity contribution is -0.120. The van der Waals surface area contributed by atoms with Crippen molar-refractivity contribution in [1.82, 2.24) is 20.5 Å². The lowest BCUT2D eigenvalue weighted by Gasteiger charge is -2.08. The van der Waals surface area contributed by atoms with Crippen molar-refractivity contribution >= 4 is 29.1 Å². The molecule has 2 aromatic rings. The van der Waals surface area contributed by atoms with Crippen LogP contribution in [0.5, 0.6) is 0 Å². The molecule has 0 aromatic carbocycles. The first-order valence-corrected chi connectivity index (χ1v) is 8.49. The Labute approximate surface area is 144 Å². The predicted molar refractivity (Wildman–Crippen MR) is 92.0 cm³/mol. The number of aromatic nitrogens is 1. The Bertz CT molecular complexity index is 694. The quantitative estimate of drug-likeness (QED) is 0.615. The van der Waals surface area contributed by atoms with Crippen molar-refractivity contribution < 1.29 is 14.4 Å². The van der Waals surface area contributed by atoms with Gasteiger partial charge in [-0.3, -0.25) is 14.4 Å². The molecule has 0 bridgehead atoms. The van der Waals surface area contributed by atoms with Crippen molar-refractivity contribution in [2.45, 2.75) is 6.42 Å². The fourth-order valence-corrected chi connectivity index (χ4v) is 2.68. The number of amides is 3. The Morgan fingerprint density at radius 3 is 2.46 bits per heavy atom. The summed E-state index contributed by atoms with van der Waals surface area (Å²) < 4.78 is 1.73. The second kappa shape index (κ2) is 8.88. The molecule has 2 heterocycles. The van der Waals surface area contributed by atoms with Crippen LogP contribution in [0.15, 0.2) is 35.2 Å². The largest absolute Gasteiger partial charge is 0.354 e. The minimum atomic E-state index is -0.182. The average molecular weight is 348 g/mol. The van der Waals surface area contributed by atoms with E-state index < -0.39 is 0 Å². The third-order valence-corrected chi connectivity index (χ3v) is 4.01. The van der Waals surface area contributed by atoms with Crippen molar-refractivity contribution in [2.24, 2.45) is 7.05 Å². The molecular weight excluding hydrogens is 328 g/mol. The molecule has 0 unspecified atom stereocenters. The molecule has 0 aliphatic carbocycles. The Morgan fingerprint density at radius 1 is 1.04 bits per heavy atom. The number of thiophene rings is 1. The van der Waals surface area contributed by atoms with Crippen molar-refractivity contribution in [3.05, 3.63) is 46.4 Å². The second-order valence-corrected chi connectivity index (χ2v) is 5.91. The molecule has 0 fully saturated rings. The highest BCUT2D eigenvalue weighted by atomic mass is 32.1. The van der Waals surface area contributed by atoms with Gasteiger partial charge in [-0.05, 0) is 23.6 Å². The summed E-state index contributed by atoms with van der Waals surface area (Å²) in [6.07, 6.45) is 1.99. The maximum atomic E-state index is 11.8. The number of nitrogens with zero attached hydrogens (tertiary/aromatic N) is 1. The van der Waals surface area contributed by atoms with E-state index in [0.29, 0.717) is 24.3 Å². The first-order chi connectivity index (χ1) is 11.6. The molecule has 24 heavy (non-hydrogen) atoms. The smallest absolute Gasteiger partial charge is 0.267 e. The summed E-state index contributed by atoms with van der Waals surface area (Å²) >= 11 is 1.45. The second-order valence-electron chi connectivity index (χ2n) is 5.13. The van der Waals surface area contributed by atoms with E-state index in [9.17, 15) is 14.4 Å². The van der Waals surface area contributed by atoms with E-state index >= 15 is 0 Å². The van der Waals surface area contributed by atoms with Gasteiger partial charge in [0.15, 0.2) is 0 Å². The summed E-state index contributed by atoms with van der Waals surface area (Å²) in [7, 11) is 1.79. The van der Waals surface area contributed by atoms with Crippen LogP contribution in [-0.2, 0) is 11.8 Å². The van der Waals surface area contributed by atoms with Crippen molar-refractivity contribution in [3.8, 4) is 0 Å². The summed E-state index contributed by atoms with van der Waals surface area (Å²) in [6, 6.07) is 5.25. The van der Waals surface area contributed by atoms with E-state index in [-0.39, 0.29) is 30.7 Å². The van der Waals surface area contributed by atoms with Gasteiger partial charge in [0.2, 0.25) is 5.91 Å². The molecule has 0 aliphatic heterocycles. The Morgan fingerprint density at radius 2 is 1.79 bits per heavy atom. The molecule has 0 saturated carbocycles. The van der Waals surface area contributed by atoms with E-state index in [2.05, 4.69) is 16.0 Å². The molecule has 2 aromatic heterocycles. The van der Waals surface area contributed by atoms with Gasteiger partial charge in [0.1, 0.15) is 5.69 Å². The van der Waals surface area contributed by atoms with Gasteiger partial charge in [-0.15, -0.1) is 0 Å². The van der Waals surface area contributed by atoms with Gasteiger partial charge in [-0.1, -0.05) is 0 Å². The predicted octanol–water partition coefficient (Wildman–Crippen LogP) is 0.753. The van der Waals surface area contributed by atoms with Gasteiger partial charge in [0, 0.05) is 50.2 Å². The number of carbonyl (C=O) groups excluding carboxylic acids is 3. The van der Waals surface area contributed by atoms with Gasteiger partial charge >= 0.3 is 0 Å². The molecule has 7 nitrogen and oxygen atoms in total. The number of carbonyl (C=O) groups is 3. The number of hydrogen-bond acceptors (Lipinski definition) is 4. The zero-order valence-electron chi connectivity index (χ0n) is 13.4. The summed E-state index contributed by atoms with van der Waals surface area (Å²) in [6.45, 7) is 0.959. The zero-order valence-corrected chi connectivity index (χ0v) is 14.2. The SMILES string of the molecule is Cn1cccc1C(=O)NCCNC(=O)CCNC(=O)c1ccsc1. The zero-order chi connectivity index (χ0) is 17.4. The van der Waals surface area contributed by atoms with Gasteiger partial charge in [0.25, 0.3) is 11.8 Å². The van der Waals surface area contributed by atoms with E-state index in [1.807, 2.05) is 5.38 Å². The minimum Gasteiger partial charge on any atom is -0.354 e. The van der Waals surface area contributed by atoms with Crippen LogP contribution in [0, 0.1) is 0 Å². The Kier molecular flexibility index (Phi) is 6.56. The van der Waals surface area contributed by atoms with Crippen LogP contribution in [0.1, 0.15) is 27.3 Å². The number of hydrogen-bond donors (Lipinski definition) is 3. The minimum absolute atomic E-state index is 0.172. The van der Waals surface area contributed by atoms with Gasteiger partial charge < -0.3 is 20.5 Å². The molecule has 8 heteroatoms. The number of aryl methyl sites for hydroxylation is 1. The fraction of sp³-hybridized carbons (Fsp3) is 0.312. The van der Waals surface area contributed by atoms with Crippen LogP contribution in [0.3, 0.4) is 0 Å². The highest BCUT2D eigenvalue weighted by Crippen LogP contribution is 2.05. The van der Waals surface area contributed by atoms with Crippen molar-refractivity contribution in [1.29, 1.82) is 0 Å². The van der Waals surface area contributed by atoms with E-state index in [0.717, 1.165) is 0 Å². The first-order valence-electron chi connectivity index (χ1n) is 7.54. The molecule has 3 amide bonds. The molecule has 3 N–H and O–H groups in total. The maximum Gasteiger partial charge on any atom is 0.267 e. The lowest BCUT2D eigenvalue weighted by atomic mass is 10.3.